The Kier molecular flexibility index (Phi) is 21.4. The first-order valence-electron chi connectivity index (χ1n) is 21.9. The zero-order chi connectivity index (χ0) is 51.2. The van der Waals surface area contributed by atoms with Crippen LogP contribution in [0.4, 0.5) is 0 Å². The average molecular weight is 986 g/mol. The first-order valence-corrected chi connectivity index (χ1v) is 23.3. The smallest absolute Gasteiger partial charge is 0.303 e. The van der Waals surface area contributed by atoms with Crippen molar-refractivity contribution in [2.24, 2.45) is 17.4 Å². The molecule has 3 aliphatic heterocycles. The molecule has 3 fully saturated rings. The van der Waals surface area contributed by atoms with Crippen molar-refractivity contribution < 1.29 is 78.0 Å². The highest BCUT2D eigenvalue weighted by atomic mass is 32.2. The number of nitrogens with two attached hydrogens (primary N) is 2. The van der Waals surface area contributed by atoms with Crippen molar-refractivity contribution in [1.29, 1.82) is 0 Å². The Bertz CT molecular complexity index is 1940. The van der Waals surface area contributed by atoms with Crippen LogP contribution in [0.25, 0.3) is 0 Å². The maximum atomic E-state index is 14.2. The summed E-state index contributed by atoms with van der Waals surface area (Å²) >= 11 is 1.25. The van der Waals surface area contributed by atoms with Crippen LogP contribution < -0.4 is 48.7 Å². The summed E-state index contributed by atoms with van der Waals surface area (Å²) in [4.78, 5) is 161. The first-order chi connectivity index (χ1) is 31.9. The quantitative estimate of drug-likeness (QED) is 0.0816. The number of carbonyl (C=O) groups excluding carboxylic acids is 11. The Morgan fingerprint density at radius 1 is 0.618 bits per heavy atom. The van der Waals surface area contributed by atoms with Gasteiger partial charge in [-0.1, -0.05) is 13.8 Å². The van der Waals surface area contributed by atoms with E-state index in [2.05, 4.69) is 37.2 Å². The van der Waals surface area contributed by atoms with Crippen LogP contribution in [0.5, 0.6) is 0 Å². The summed E-state index contributed by atoms with van der Waals surface area (Å²) in [7, 11) is 0. The Hall–Kier alpha value is -6.13. The van der Waals surface area contributed by atoms with Crippen LogP contribution in [0.15, 0.2) is 0 Å². The number of carbonyl (C=O) groups is 12. The number of hydrogen-bond donors (Lipinski definition) is 13. The van der Waals surface area contributed by atoms with E-state index in [-0.39, 0.29) is 37.9 Å². The molecule has 0 saturated carbocycles. The zero-order valence-electron chi connectivity index (χ0n) is 38.1. The molecule has 2 unspecified atom stereocenters. The molecule has 0 aromatic carbocycles. The van der Waals surface area contributed by atoms with E-state index in [0.717, 1.165) is 6.92 Å². The molecule has 3 heterocycles. The minimum Gasteiger partial charge on any atom is -0.481 e. The fourth-order valence-electron chi connectivity index (χ4n) is 7.80. The van der Waals surface area contributed by atoms with Gasteiger partial charge in [0, 0.05) is 12.8 Å². The van der Waals surface area contributed by atoms with Gasteiger partial charge in [-0.3, -0.25) is 57.5 Å². The SMILES string of the molecule is CSCC[C@@H]1NC(=O)[C@H](CCC(=O)O)NC(=O)[C@H](CCC(N)=O)NC(=O)CNC(=O)[C@@H]2CCC(O)N2C(=O)[C@H](CC(N)=O)NC(=O)[C@@H](C(C)C)NC(=O)[C@@H]2CCC(O)N2C(=O)[C@H]([C@@H](C)O)NC1=O. The van der Waals surface area contributed by atoms with E-state index in [0.29, 0.717) is 9.80 Å². The Labute approximate surface area is 394 Å². The maximum absolute atomic E-state index is 14.2. The fourth-order valence-corrected chi connectivity index (χ4v) is 8.27. The third kappa shape index (κ3) is 15.7. The van der Waals surface area contributed by atoms with Gasteiger partial charge in [0.05, 0.1) is 19.1 Å². The van der Waals surface area contributed by atoms with Crippen LogP contribution in [-0.4, -0.2) is 187 Å². The molecule has 0 aromatic rings. The van der Waals surface area contributed by atoms with Crippen LogP contribution in [0.3, 0.4) is 0 Å². The van der Waals surface area contributed by atoms with Crippen LogP contribution >= 0.6 is 11.8 Å². The second-order valence-corrected chi connectivity index (χ2v) is 18.0. The van der Waals surface area contributed by atoms with E-state index in [1.807, 2.05) is 0 Å². The van der Waals surface area contributed by atoms with Crippen LogP contribution in [0.1, 0.15) is 85.0 Å². The molecule has 380 valence electrons. The summed E-state index contributed by atoms with van der Waals surface area (Å²) in [5, 5.41) is 58.7. The summed E-state index contributed by atoms with van der Waals surface area (Å²) in [5.41, 5.74) is 10.7. The lowest BCUT2D eigenvalue weighted by Gasteiger charge is -2.34. The summed E-state index contributed by atoms with van der Waals surface area (Å²) in [6.45, 7) is 3.27. The molecule has 0 aliphatic carbocycles. The first kappa shape index (κ1) is 56.2. The van der Waals surface area contributed by atoms with Crippen LogP contribution in [0, 0.1) is 5.92 Å². The number of aliphatic hydroxyl groups excluding tert-OH is 3. The Balaban J connectivity index is 2.15. The van der Waals surface area contributed by atoms with Crippen LogP contribution in [0.2, 0.25) is 0 Å². The number of carboxylic acid groups (broad SMARTS) is 1. The molecule has 11 atom stereocenters. The minimum atomic E-state index is -1.87. The van der Waals surface area contributed by atoms with Crippen molar-refractivity contribution in [3.63, 3.8) is 0 Å². The predicted molar refractivity (Wildman–Crippen MR) is 235 cm³/mol. The van der Waals surface area contributed by atoms with E-state index < -0.39 is 182 Å². The number of rotatable bonds is 13. The lowest BCUT2D eigenvalue weighted by molar-refractivity contribution is -0.153. The van der Waals surface area contributed by atoms with E-state index in [1.54, 1.807) is 6.26 Å². The van der Waals surface area contributed by atoms with E-state index >= 15 is 0 Å². The molecular formula is C40H63N11O16S. The molecule has 3 rings (SSSR count). The monoisotopic (exact) mass is 985 g/mol. The highest BCUT2D eigenvalue weighted by Gasteiger charge is 2.47. The van der Waals surface area contributed by atoms with Gasteiger partial charge in [0.2, 0.25) is 59.1 Å². The normalized spacial score (nSPS) is 29.3. The van der Waals surface area contributed by atoms with Crippen molar-refractivity contribution in [2.45, 2.75) is 152 Å². The van der Waals surface area contributed by atoms with Gasteiger partial charge in [-0.2, -0.15) is 11.8 Å². The number of aliphatic hydroxyl groups is 3. The van der Waals surface area contributed by atoms with Gasteiger partial charge in [0.15, 0.2) is 0 Å². The Morgan fingerprint density at radius 3 is 1.62 bits per heavy atom. The number of nitrogens with one attached hydrogen (secondary N) is 7. The van der Waals surface area contributed by atoms with Gasteiger partial charge in [-0.15, -0.1) is 0 Å². The van der Waals surface area contributed by atoms with Gasteiger partial charge in [0.1, 0.15) is 60.8 Å². The molecular weight excluding hydrogens is 923 g/mol. The standard InChI is InChI=1S/C40H63N11O16S/c1-17(2)31-38(65)47-22(15-26(42)54)39(66)50-23(7-10-28(50)56)36(63)43-16-27(55)44-19(5-9-25(41)53)33(60)45-20(6-12-30(58)59)34(61)46-21(13-14-68-4)35(62)49-32(18(3)52)40(67)51-24(37(64)48-31)8-11-29(51)57/h17-24,28-29,31-32,52,56-57H,5-16H2,1-4H3,(H2,41,53)(H2,42,54)(H,43,63)(H,44,55)(H,45,60)(H,46,61)(H,47,65)(H,48,64)(H,49,62)(H,58,59)/t18-,19+,20+,21+,22+,23+,24+,28?,29?,31-,32+/m1/s1. The number of thioether (sulfide) groups is 1. The Morgan fingerprint density at radius 2 is 1.10 bits per heavy atom. The molecule has 28 heteroatoms. The van der Waals surface area contributed by atoms with Gasteiger partial charge in [0.25, 0.3) is 5.91 Å². The molecule has 0 aromatic heterocycles. The molecule has 68 heavy (non-hydrogen) atoms. The maximum Gasteiger partial charge on any atom is 0.303 e. The van der Waals surface area contributed by atoms with E-state index in [9.17, 15) is 78.0 Å². The second kappa shape index (κ2) is 25.9. The van der Waals surface area contributed by atoms with E-state index in [4.69, 9.17) is 11.5 Å². The van der Waals surface area contributed by atoms with Crippen molar-refractivity contribution >= 4 is 82.7 Å². The third-order valence-corrected chi connectivity index (χ3v) is 12.1. The summed E-state index contributed by atoms with van der Waals surface area (Å²) in [6, 6.07) is -13.1. The lowest BCUT2D eigenvalue weighted by Crippen LogP contribution is -2.63. The van der Waals surface area contributed by atoms with Gasteiger partial charge in [-0.25, -0.2) is 0 Å². The van der Waals surface area contributed by atoms with E-state index in [1.165, 1.54) is 25.6 Å². The molecule has 3 saturated heterocycles. The van der Waals surface area contributed by atoms with Crippen molar-refractivity contribution in [3.05, 3.63) is 0 Å². The lowest BCUT2D eigenvalue weighted by atomic mass is 10.0. The number of hydrogen-bond acceptors (Lipinski definition) is 16. The number of aliphatic carboxylic acids is 1. The van der Waals surface area contributed by atoms with Crippen molar-refractivity contribution in [2.75, 3.05) is 18.6 Å². The number of fused-ring (bicyclic) bond motifs is 2. The average Bonchev–Trinajstić information content (AvgIpc) is 3.85. The molecule has 3 aliphatic rings. The van der Waals surface area contributed by atoms with Gasteiger partial charge in [-0.05, 0) is 69.8 Å². The van der Waals surface area contributed by atoms with Gasteiger partial charge >= 0.3 is 5.97 Å². The van der Waals surface area contributed by atoms with Crippen molar-refractivity contribution in [3.8, 4) is 0 Å². The number of nitrogens with zero attached hydrogens (tertiary/aromatic N) is 2. The largest absolute Gasteiger partial charge is 0.481 e. The van der Waals surface area contributed by atoms with Crippen molar-refractivity contribution in [1.82, 2.24) is 47.0 Å². The summed E-state index contributed by atoms with van der Waals surface area (Å²) in [5.74, 6) is -13.6. The molecule has 0 bridgehead atoms. The number of primary amides is 2. The summed E-state index contributed by atoms with van der Waals surface area (Å²) < 4.78 is 0. The molecule has 27 nitrogen and oxygen atoms in total. The topological polar surface area (TPSA) is 428 Å². The molecule has 15 N–H and O–H groups in total. The predicted octanol–water partition coefficient (Wildman–Crippen LogP) is -6.56. The highest BCUT2D eigenvalue weighted by Crippen LogP contribution is 2.26. The molecule has 0 radical (unpaired) electrons. The highest BCUT2D eigenvalue weighted by molar-refractivity contribution is 7.98. The zero-order valence-corrected chi connectivity index (χ0v) is 38.9. The van der Waals surface area contributed by atoms with Gasteiger partial charge < -0.3 is 78.9 Å². The fraction of sp³-hybridized carbons (Fsp3) is 0.700. The molecule has 11 amide bonds. The third-order valence-electron chi connectivity index (χ3n) is 11.4. The number of carboxylic acids is 1. The minimum absolute atomic E-state index is 0.123. The van der Waals surface area contributed by atoms with Crippen LogP contribution in [-0.2, 0) is 57.5 Å². The second-order valence-electron chi connectivity index (χ2n) is 17.0. The summed E-state index contributed by atoms with van der Waals surface area (Å²) in [6.07, 6.45) is -7.20. The number of amides is 11. The molecule has 0 spiro atoms.